The van der Waals surface area contributed by atoms with E-state index >= 15 is 0 Å². The van der Waals surface area contributed by atoms with Crippen molar-refractivity contribution in [2.75, 3.05) is 32.6 Å². The summed E-state index contributed by atoms with van der Waals surface area (Å²) >= 11 is 0. The normalized spacial score (nSPS) is 17.4. The Labute approximate surface area is 148 Å². The number of ether oxygens (including phenoxy) is 2. The van der Waals surface area contributed by atoms with E-state index in [1.54, 1.807) is 30.2 Å². The van der Waals surface area contributed by atoms with Crippen molar-refractivity contribution in [1.29, 1.82) is 0 Å². The number of rotatable bonds is 5. The van der Waals surface area contributed by atoms with E-state index in [1.165, 1.54) is 7.11 Å². The third-order valence-corrected chi connectivity index (χ3v) is 3.86. The van der Waals surface area contributed by atoms with Crippen molar-refractivity contribution in [2.45, 2.75) is 33.2 Å². The second-order valence-corrected chi connectivity index (χ2v) is 7.40. The number of benzene rings is 1. The number of methoxy groups -OCH3 is 2. The number of carbonyl (C=O) groups excluding carboxylic acids is 2. The third kappa shape index (κ3) is 5.27. The van der Waals surface area contributed by atoms with Crippen LogP contribution in [-0.2, 0) is 4.79 Å². The highest BCUT2D eigenvalue weighted by molar-refractivity contribution is 5.90. The van der Waals surface area contributed by atoms with E-state index in [0.29, 0.717) is 36.7 Å². The molecule has 3 amide bonds. The molecule has 0 spiro atoms. The fraction of sp³-hybridized carbons (Fsp3) is 0.556. The van der Waals surface area contributed by atoms with Gasteiger partial charge >= 0.3 is 6.03 Å². The van der Waals surface area contributed by atoms with Crippen LogP contribution in [0.1, 0.15) is 27.2 Å². The highest BCUT2D eigenvalue weighted by atomic mass is 16.5. The minimum atomic E-state index is -0.345. The second kappa shape index (κ2) is 7.63. The van der Waals surface area contributed by atoms with Crippen molar-refractivity contribution in [3.8, 4) is 11.5 Å². The molecule has 1 aromatic carbocycles. The summed E-state index contributed by atoms with van der Waals surface area (Å²) in [6.45, 7) is 7.48. The van der Waals surface area contributed by atoms with E-state index in [0.717, 1.165) is 0 Å². The summed E-state index contributed by atoms with van der Waals surface area (Å²) < 4.78 is 10.4. The maximum atomic E-state index is 12.2. The van der Waals surface area contributed by atoms with Crippen LogP contribution in [0.2, 0.25) is 0 Å². The number of hydrogen-bond donors (Lipinski definition) is 2. The van der Waals surface area contributed by atoms with Gasteiger partial charge in [-0.25, -0.2) is 4.79 Å². The van der Waals surface area contributed by atoms with Gasteiger partial charge in [-0.1, -0.05) is 20.8 Å². The van der Waals surface area contributed by atoms with Crippen molar-refractivity contribution < 1.29 is 19.1 Å². The average molecular weight is 349 g/mol. The molecule has 1 saturated heterocycles. The van der Waals surface area contributed by atoms with Gasteiger partial charge in [0.1, 0.15) is 0 Å². The van der Waals surface area contributed by atoms with Gasteiger partial charge in [-0.3, -0.25) is 4.79 Å². The summed E-state index contributed by atoms with van der Waals surface area (Å²) in [5.74, 6) is 1.20. The van der Waals surface area contributed by atoms with Gasteiger partial charge in [-0.05, 0) is 17.5 Å². The van der Waals surface area contributed by atoms with Crippen molar-refractivity contribution in [3.63, 3.8) is 0 Å². The number of likely N-dealkylation sites (tertiary alicyclic amines) is 1. The maximum Gasteiger partial charge on any atom is 0.319 e. The Balaban J connectivity index is 1.92. The van der Waals surface area contributed by atoms with Crippen LogP contribution in [0, 0.1) is 5.41 Å². The summed E-state index contributed by atoms with van der Waals surface area (Å²) in [6.07, 6.45) is 0.329. The van der Waals surface area contributed by atoms with Gasteiger partial charge in [0.25, 0.3) is 0 Å². The molecule has 0 bridgehead atoms. The van der Waals surface area contributed by atoms with E-state index in [4.69, 9.17) is 9.47 Å². The van der Waals surface area contributed by atoms with Crippen LogP contribution >= 0.6 is 0 Å². The van der Waals surface area contributed by atoms with Crippen LogP contribution in [0.15, 0.2) is 18.2 Å². The van der Waals surface area contributed by atoms with E-state index < -0.39 is 0 Å². The standard InChI is InChI=1S/C18H27N3O4/c1-18(2,3)11-21-10-13(9-16(21)22)20-17(23)19-12-6-7-14(24-4)15(8-12)25-5/h6-8,13H,9-11H2,1-5H3,(H2,19,20,23). The van der Waals surface area contributed by atoms with Crippen molar-refractivity contribution in [1.82, 2.24) is 10.2 Å². The van der Waals surface area contributed by atoms with E-state index in [9.17, 15) is 9.59 Å². The molecular weight excluding hydrogens is 322 g/mol. The number of urea groups is 1. The van der Waals surface area contributed by atoms with Crippen molar-refractivity contribution >= 4 is 17.6 Å². The van der Waals surface area contributed by atoms with Gasteiger partial charge in [0.05, 0.1) is 20.3 Å². The Kier molecular flexibility index (Phi) is 5.77. The molecule has 1 aliphatic heterocycles. The molecule has 7 nitrogen and oxygen atoms in total. The topological polar surface area (TPSA) is 79.9 Å². The maximum absolute atomic E-state index is 12.2. The summed E-state index contributed by atoms with van der Waals surface area (Å²) in [4.78, 5) is 26.1. The lowest BCUT2D eigenvalue weighted by molar-refractivity contribution is -0.128. The zero-order valence-electron chi connectivity index (χ0n) is 15.5. The van der Waals surface area contributed by atoms with Crippen LogP contribution in [0.3, 0.4) is 0 Å². The first kappa shape index (κ1) is 18.9. The summed E-state index contributed by atoms with van der Waals surface area (Å²) in [5.41, 5.74) is 0.623. The van der Waals surface area contributed by atoms with Gasteiger partial charge in [0, 0.05) is 31.3 Å². The smallest absolute Gasteiger partial charge is 0.319 e. The minimum Gasteiger partial charge on any atom is -0.493 e. The highest BCUT2D eigenvalue weighted by Crippen LogP contribution is 2.29. The molecule has 1 aliphatic rings. The highest BCUT2D eigenvalue weighted by Gasteiger charge is 2.32. The molecule has 0 aliphatic carbocycles. The van der Waals surface area contributed by atoms with Crippen LogP contribution in [-0.4, -0.2) is 50.2 Å². The second-order valence-electron chi connectivity index (χ2n) is 7.40. The molecule has 0 saturated carbocycles. The van der Waals surface area contributed by atoms with Gasteiger partial charge in [-0.15, -0.1) is 0 Å². The first-order chi connectivity index (χ1) is 11.7. The third-order valence-electron chi connectivity index (χ3n) is 3.86. The lowest BCUT2D eigenvalue weighted by Crippen LogP contribution is -2.41. The average Bonchev–Trinajstić information content (AvgIpc) is 2.84. The molecule has 1 heterocycles. The number of nitrogens with one attached hydrogen (secondary N) is 2. The first-order valence-electron chi connectivity index (χ1n) is 8.29. The number of hydrogen-bond acceptors (Lipinski definition) is 4. The van der Waals surface area contributed by atoms with Crippen molar-refractivity contribution in [3.05, 3.63) is 18.2 Å². The Bertz CT molecular complexity index is 640. The van der Waals surface area contributed by atoms with Crippen LogP contribution in [0.25, 0.3) is 0 Å². The Hall–Kier alpha value is -2.44. The summed E-state index contributed by atoms with van der Waals surface area (Å²) in [5, 5.41) is 5.61. The first-order valence-corrected chi connectivity index (χ1v) is 8.29. The number of amides is 3. The molecule has 0 radical (unpaired) electrons. The molecule has 1 atom stereocenters. The quantitative estimate of drug-likeness (QED) is 0.856. The van der Waals surface area contributed by atoms with E-state index in [2.05, 4.69) is 31.4 Å². The van der Waals surface area contributed by atoms with Crippen LogP contribution in [0.5, 0.6) is 11.5 Å². The van der Waals surface area contributed by atoms with E-state index in [1.807, 2.05) is 0 Å². The molecule has 2 N–H and O–H groups in total. The molecule has 1 aromatic rings. The summed E-state index contributed by atoms with van der Waals surface area (Å²) in [7, 11) is 3.09. The predicted octanol–water partition coefficient (Wildman–Crippen LogP) is 2.47. The van der Waals surface area contributed by atoms with E-state index in [-0.39, 0.29) is 23.4 Å². The van der Waals surface area contributed by atoms with Gasteiger partial charge in [0.15, 0.2) is 11.5 Å². The molecule has 138 valence electrons. The lowest BCUT2D eigenvalue weighted by atomic mass is 9.96. The minimum absolute atomic E-state index is 0.0342. The van der Waals surface area contributed by atoms with Crippen LogP contribution in [0.4, 0.5) is 10.5 Å². The zero-order chi connectivity index (χ0) is 18.6. The molecule has 2 rings (SSSR count). The number of anilines is 1. The largest absolute Gasteiger partial charge is 0.493 e. The Morgan fingerprint density at radius 2 is 1.92 bits per heavy atom. The molecule has 1 fully saturated rings. The molecule has 1 unspecified atom stereocenters. The zero-order valence-corrected chi connectivity index (χ0v) is 15.5. The lowest BCUT2D eigenvalue weighted by Gasteiger charge is -2.26. The predicted molar refractivity (Wildman–Crippen MR) is 96.1 cm³/mol. The fourth-order valence-corrected chi connectivity index (χ4v) is 2.86. The van der Waals surface area contributed by atoms with Crippen molar-refractivity contribution in [2.24, 2.45) is 5.41 Å². The molecule has 7 heteroatoms. The van der Waals surface area contributed by atoms with Crippen LogP contribution < -0.4 is 20.1 Å². The Morgan fingerprint density at radius 3 is 2.52 bits per heavy atom. The van der Waals surface area contributed by atoms with Gasteiger partial charge in [-0.2, -0.15) is 0 Å². The monoisotopic (exact) mass is 349 g/mol. The molecular formula is C18H27N3O4. The van der Waals surface area contributed by atoms with Gasteiger partial charge < -0.3 is 25.0 Å². The molecule has 25 heavy (non-hydrogen) atoms. The SMILES string of the molecule is COc1ccc(NC(=O)NC2CC(=O)N(CC(C)(C)C)C2)cc1OC. The number of nitrogens with zero attached hydrogens (tertiary/aromatic N) is 1. The van der Waals surface area contributed by atoms with Gasteiger partial charge in [0.2, 0.25) is 5.91 Å². The Morgan fingerprint density at radius 1 is 1.24 bits per heavy atom. The fourth-order valence-electron chi connectivity index (χ4n) is 2.86. The summed E-state index contributed by atoms with van der Waals surface area (Å²) in [6, 6.07) is 4.60. The number of carbonyl (C=O) groups is 2. The molecule has 0 aromatic heterocycles.